The number of nitrogens with one attached hydrogen (secondary N) is 1. The third-order valence-corrected chi connectivity index (χ3v) is 2.11. The molecule has 7 nitrogen and oxygen atoms in total. The van der Waals surface area contributed by atoms with Crippen LogP contribution in [0.15, 0.2) is 24.7 Å². The summed E-state index contributed by atoms with van der Waals surface area (Å²) < 4.78 is 0. The van der Waals surface area contributed by atoms with Crippen LogP contribution >= 0.6 is 11.6 Å². The Balaban J connectivity index is 2.23. The quantitative estimate of drug-likeness (QED) is 0.762. The van der Waals surface area contributed by atoms with Crippen LogP contribution < -0.4 is 11.1 Å². The molecule has 2 aromatic rings. The molecule has 0 aliphatic rings. The van der Waals surface area contributed by atoms with Gasteiger partial charge >= 0.3 is 0 Å². The largest absolute Gasteiger partial charge is 0.397 e. The van der Waals surface area contributed by atoms with Gasteiger partial charge in [0.15, 0.2) is 0 Å². The van der Waals surface area contributed by atoms with E-state index in [2.05, 4.69) is 25.5 Å². The maximum Gasteiger partial charge on any atom is 0.261 e. The second-order valence-corrected chi connectivity index (χ2v) is 3.39. The number of amides is 1. The molecule has 2 rings (SSSR count). The van der Waals surface area contributed by atoms with Crippen LogP contribution in [-0.2, 0) is 0 Å². The van der Waals surface area contributed by atoms with Gasteiger partial charge in [-0.1, -0.05) is 11.6 Å². The number of hydrogen-bond acceptors (Lipinski definition) is 6. The van der Waals surface area contributed by atoms with Crippen LogP contribution in [0.3, 0.4) is 0 Å². The molecular weight excluding hydrogens is 244 g/mol. The Bertz CT molecular complexity index is 546. The van der Waals surface area contributed by atoms with E-state index in [9.17, 15) is 4.79 Å². The van der Waals surface area contributed by atoms with E-state index >= 15 is 0 Å². The van der Waals surface area contributed by atoms with E-state index in [-0.39, 0.29) is 16.7 Å². The molecule has 0 saturated heterocycles. The number of nitrogens with two attached hydrogens (primary N) is 1. The van der Waals surface area contributed by atoms with Crippen LogP contribution in [0.25, 0.3) is 0 Å². The number of nitrogens with zero attached hydrogens (tertiary/aromatic N) is 4. The second-order valence-electron chi connectivity index (χ2n) is 3.03. The SMILES string of the molecule is Nc1cnc(Cl)c(C(=O)Nc2nccnn2)c1. The smallest absolute Gasteiger partial charge is 0.261 e. The van der Waals surface area contributed by atoms with Gasteiger partial charge in [0.2, 0.25) is 5.95 Å². The monoisotopic (exact) mass is 250 g/mol. The van der Waals surface area contributed by atoms with Crippen molar-refractivity contribution < 1.29 is 4.79 Å². The van der Waals surface area contributed by atoms with Crippen LogP contribution in [0.4, 0.5) is 11.6 Å². The summed E-state index contributed by atoms with van der Waals surface area (Å²) >= 11 is 5.77. The number of carbonyl (C=O) groups is 1. The molecule has 0 unspecified atom stereocenters. The summed E-state index contributed by atoms with van der Waals surface area (Å²) in [4.78, 5) is 19.3. The van der Waals surface area contributed by atoms with Crippen LogP contribution in [-0.4, -0.2) is 26.1 Å². The Labute approximate surface area is 101 Å². The molecule has 2 heterocycles. The predicted octanol–water partition coefficient (Wildman–Crippen LogP) is 0.754. The second kappa shape index (κ2) is 4.71. The number of anilines is 2. The molecule has 8 heteroatoms. The van der Waals surface area contributed by atoms with E-state index in [1.807, 2.05) is 0 Å². The Hall–Kier alpha value is -2.28. The lowest BCUT2D eigenvalue weighted by atomic mass is 10.2. The average molecular weight is 251 g/mol. The van der Waals surface area contributed by atoms with Gasteiger partial charge in [-0.05, 0) is 6.07 Å². The molecule has 3 N–H and O–H groups in total. The van der Waals surface area contributed by atoms with Crippen molar-refractivity contribution in [1.82, 2.24) is 20.2 Å². The zero-order valence-electron chi connectivity index (χ0n) is 8.46. The average Bonchev–Trinajstić information content (AvgIpc) is 2.33. The van der Waals surface area contributed by atoms with Gasteiger partial charge in [0.1, 0.15) is 5.15 Å². The molecule has 0 fully saturated rings. The van der Waals surface area contributed by atoms with Gasteiger partial charge in [-0.2, -0.15) is 5.10 Å². The van der Waals surface area contributed by atoms with Crippen molar-refractivity contribution in [3.8, 4) is 0 Å². The van der Waals surface area contributed by atoms with E-state index < -0.39 is 5.91 Å². The van der Waals surface area contributed by atoms with Crippen LogP contribution in [0.5, 0.6) is 0 Å². The lowest BCUT2D eigenvalue weighted by molar-refractivity contribution is 0.102. The molecule has 0 radical (unpaired) electrons. The molecule has 0 saturated carbocycles. The van der Waals surface area contributed by atoms with Crippen molar-refractivity contribution in [2.75, 3.05) is 11.1 Å². The molecule has 1 amide bonds. The first-order chi connectivity index (χ1) is 8.16. The predicted molar refractivity (Wildman–Crippen MR) is 61.4 cm³/mol. The summed E-state index contributed by atoms with van der Waals surface area (Å²) in [6, 6.07) is 1.42. The first-order valence-corrected chi connectivity index (χ1v) is 4.90. The van der Waals surface area contributed by atoms with Gasteiger partial charge < -0.3 is 5.73 Å². The van der Waals surface area contributed by atoms with Crippen molar-refractivity contribution in [1.29, 1.82) is 0 Å². The topological polar surface area (TPSA) is 107 Å². The van der Waals surface area contributed by atoms with Gasteiger partial charge in [-0.25, -0.2) is 9.97 Å². The van der Waals surface area contributed by atoms with Crippen molar-refractivity contribution in [3.63, 3.8) is 0 Å². The van der Waals surface area contributed by atoms with Crippen molar-refractivity contribution >= 4 is 29.1 Å². The van der Waals surface area contributed by atoms with Crippen molar-refractivity contribution in [2.24, 2.45) is 0 Å². The molecule has 17 heavy (non-hydrogen) atoms. The number of carbonyl (C=O) groups excluding carboxylic acids is 1. The molecule has 86 valence electrons. The Kier molecular flexibility index (Phi) is 3.10. The van der Waals surface area contributed by atoms with Crippen LogP contribution in [0.2, 0.25) is 5.15 Å². The maximum atomic E-state index is 11.8. The van der Waals surface area contributed by atoms with E-state index in [0.29, 0.717) is 5.69 Å². The minimum atomic E-state index is -0.497. The van der Waals surface area contributed by atoms with Gasteiger partial charge in [-0.3, -0.25) is 10.1 Å². The highest BCUT2D eigenvalue weighted by Gasteiger charge is 2.13. The summed E-state index contributed by atoms with van der Waals surface area (Å²) in [5.41, 5.74) is 6.01. The fraction of sp³-hybridized carbons (Fsp3) is 0. The van der Waals surface area contributed by atoms with Crippen molar-refractivity contribution in [3.05, 3.63) is 35.4 Å². The fourth-order valence-electron chi connectivity index (χ4n) is 1.10. The molecular formula is C9H7ClN6O. The lowest BCUT2D eigenvalue weighted by Crippen LogP contribution is -2.15. The zero-order chi connectivity index (χ0) is 12.3. The number of hydrogen-bond donors (Lipinski definition) is 2. The lowest BCUT2D eigenvalue weighted by Gasteiger charge is -2.04. The summed E-state index contributed by atoms with van der Waals surface area (Å²) in [5.74, 6) is -0.418. The number of halogens is 1. The highest BCUT2D eigenvalue weighted by molar-refractivity contribution is 6.33. The molecule has 0 atom stereocenters. The van der Waals surface area contributed by atoms with E-state index in [0.717, 1.165) is 0 Å². The fourth-order valence-corrected chi connectivity index (χ4v) is 1.29. The van der Waals surface area contributed by atoms with Crippen LogP contribution in [0.1, 0.15) is 10.4 Å². The molecule has 0 spiro atoms. The van der Waals surface area contributed by atoms with E-state index in [1.165, 1.54) is 24.7 Å². The molecule has 0 bridgehead atoms. The normalized spacial score (nSPS) is 9.94. The van der Waals surface area contributed by atoms with Crippen molar-refractivity contribution in [2.45, 2.75) is 0 Å². The zero-order valence-corrected chi connectivity index (χ0v) is 9.22. The number of nitrogen functional groups attached to an aromatic ring is 1. The Morgan fingerprint density at radius 1 is 1.35 bits per heavy atom. The van der Waals surface area contributed by atoms with Crippen LogP contribution in [0, 0.1) is 0 Å². The highest BCUT2D eigenvalue weighted by atomic mass is 35.5. The number of aromatic nitrogens is 4. The van der Waals surface area contributed by atoms with Gasteiger partial charge in [0.05, 0.1) is 29.8 Å². The van der Waals surface area contributed by atoms with Gasteiger partial charge in [-0.15, -0.1) is 5.10 Å². The summed E-state index contributed by atoms with van der Waals surface area (Å²) in [6.45, 7) is 0. The highest BCUT2D eigenvalue weighted by Crippen LogP contribution is 2.16. The first-order valence-electron chi connectivity index (χ1n) is 4.53. The molecule has 0 aliphatic carbocycles. The minimum Gasteiger partial charge on any atom is -0.397 e. The maximum absolute atomic E-state index is 11.8. The number of pyridine rings is 1. The summed E-state index contributed by atoms with van der Waals surface area (Å²) in [5, 5.41) is 9.66. The molecule has 0 aromatic carbocycles. The van der Waals surface area contributed by atoms with Gasteiger partial charge in [0, 0.05) is 0 Å². The first kappa shape index (κ1) is 11.2. The summed E-state index contributed by atoms with van der Waals surface area (Å²) in [7, 11) is 0. The Morgan fingerprint density at radius 2 is 2.18 bits per heavy atom. The minimum absolute atomic E-state index is 0.0561. The standard InChI is InChI=1S/C9H7ClN6O/c10-7-6(3-5(11)4-13-7)8(17)15-9-12-1-2-14-16-9/h1-4H,11H2,(H,12,15,16,17). The number of rotatable bonds is 2. The summed E-state index contributed by atoms with van der Waals surface area (Å²) in [6.07, 6.45) is 4.16. The Morgan fingerprint density at radius 3 is 2.88 bits per heavy atom. The van der Waals surface area contributed by atoms with E-state index in [1.54, 1.807) is 0 Å². The van der Waals surface area contributed by atoms with E-state index in [4.69, 9.17) is 17.3 Å². The third kappa shape index (κ3) is 2.64. The van der Waals surface area contributed by atoms with Gasteiger partial charge in [0.25, 0.3) is 5.91 Å². The molecule has 0 aliphatic heterocycles. The third-order valence-electron chi connectivity index (χ3n) is 1.81. The molecule has 2 aromatic heterocycles.